The van der Waals surface area contributed by atoms with E-state index in [4.69, 9.17) is 14.2 Å². The van der Waals surface area contributed by atoms with Crippen molar-refractivity contribution in [1.82, 2.24) is 0 Å². The molecule has 0 aliphatic carbocycles. The van der Waals surface area contributed by atoms with Crippen LogP contribution in [-0.4, -0.2) is 37.2 Å². The summed E-state index contributed by atoms with van der Waals surface area (Å²) in [6.45, 7) is 6.67. The minimum atomic E-state index is -0.773. The van der Waals surface area contributed by atoms with E-state index in [2.05, 4.69) is 45.1 Å². The number of allylic oxidation sites excluding steroid dienone is 4. The molecule has 0 aliphatic heterocycles. The maximum absolute atomic E-state index is 12.8. The van der Waals surface area contributed by atoms with Gasteiger partial charge >= 0.3 is 17.9 Å². The third-order valence-electron chi connectivity index (χ3n) is 13.2. The van der Waals surface area contributed by atoms with E-state index in [1.54, 1.807) is 0 Å². The molecule has 6 nitrogen and oxygen atoms in total. The summed E-state index contributed by atoms with van der Waals surface area (Å²) in [5.74, 6) is -0.865. The molecule has 1 atom stereocenters. The SMILES string of the molecule is CCCCCCCCC/C=C\CCCCCCCC(=O)O[C@@H](COC(=O)CCCCCCCCC/C=C\CCCCCCCCCC)COC(=O)CCCCCCCCCCCCCCC. The standard InChI is InChI=1S/C60H112O6/c1-4-7-10-13-16-19-22-25-27-29-30-31-33-35-38-41-44-47-50-53-59(62)65-56-57(55-64-58(61)52-49-46-43-40-37-34-24-21-18-15-12-9-6-3)66-60(63)54-51-48-45-42-39-36-32-28-26-23-20-17-14-11-8-5-2/h28-30,32,57H,4-27,31,33-56H2,1-3H3/b30-29-,32-28-/t57-/m1/s1. The van der Waals surface area contributed by atoms with E-state index in [0.29, 0.717) is 19.3 Å². The number of ether oxygens (including phenoxy) is 3. The molecule has 6 heteroatoms. The first kappa shape index (κ1) is 63.9. The monoisotopic (exact) mass is 929 g/mol. The van der Waals surface area contributed by atoms with Crippen molar-refractivity contribution in [3.05, 3.63) is 24.3 Å². The summed E-state index contributed by atoms with van der Waals surface area (Å²) in [5.41, 5.74) is 0. The summed E-state index contributed by atoms with van der Waals surface area (Å²) in [5, 5.41) is 0. The van der Waals surface area contributed by atoms with Crippen molar-refractivity contribution in [2.45, 2.75) is 329 Å². The van der Waals surface area contributed by atoms with Crippen molar-refractivity contribution < 1.29 is 28.6 Å². The maximum atomic E-state index is 12.8. The lowest BCUT2D eigenvalue weighted by atomic mass is 10.0. The second-order valence-electron chi connectivity index (χ2n) is 19.9. The molecule has 0 bridgehead atoms. The molecule has 0 fully saturated rings. The van der Waals surface area contributed by atoms with Crippen LogP contribution in [0.3, 0.4) is 0 Å². The lowest BCUT2D eigenvalue weighted by Gasteiger charge is -2.18. The van der Waals surface area contributed by atoms with Crippen LogP contribution in [0.4, 0.5) is 0 Å². The van der Waals surface area contributed by atoms with E-state index >= 15 is 0 Å². The van der Waals surface area contributed by atoms with Crippen LogP contribution in [0.5, 0.6) is 0 Å². The Bertz CT molecular complexity index is 1070. The molecule has 0 saturated carbocycles. The molecule has 0 aromatic carbocycles. The number of carbonyl (C=O) groups excluding carboxylic acids is 3. The zero-order valence-corrected chi connectivity index (χ0v) is 44.5. The molecule has 66 heavy (non-hydrogen) atoms. The molecule has 0 saturated heterocycles. The third kappa shape index (κ3) is 52.9. The van der Waals surface area contributed by atoms with Crippen LogP contribution in [0.15, 0.2) is 24.3 Å². The van der Waals surface area contributed by atoms with E-state index in [0.717, 1.165) is 64.2 Å². The zero-order chi connectivity index (χ0) is 47.9. The van der Waals surface area contributed by atoms with Gasteiger partial charge in [0.15, 0.2) is 6.10 Å². The van der Waals surface area contributed by atoms with Crippen molar-refractivity contribution in [2.24, 2.45) is 0 Å². The van der Waals surface area contributed by atoms with Crippen LogP contribution in [0, 0.1) is 0 Å². The number of rotatable bonds is 54. The predicted molar refractivity (Wildman–Crippen MR) is 284 cm³/mol. The lowest BCUT2D eigenvalue weighted by Crippen LogP contribution is -2.30. The fourth-order valence-electron chi connectivity index (χ4n) is 8.73. The van der Waals surface area contributed by atoms with Crippen molar-refractivity contribution in [3.63, 3.8) is 0 Å². The Kier molecular flexibility index (Phi) is 53.7. The fourth-order valence-corrected chi connectivity index (χ4v) is 8.73. The van der Waals surface area contributed by atoms with Crippen molar-refractivity contribution >= 4 is 17.9 Å². The van der Waals surface area contributed by atoms with Crippen LogP contribution in [0.2, 0.25) is 0 Å². The minimum Gasteiger partial charge on any atom is -0.462 e. The van der Waals surface area contributed by atoms with Crippen molar-refractivity contribution in [1.29, 1.82) is 0 Å². The van der Waals surface area contributed by atoms with Crippen molar-refractivity contribution in [2.75, 3.05) is 13.2 Å². The van der Waals surface area contributed by atoms with Gasteiger partial charge in [0, 0.05) is 19.3 Å². The summed E-state index contributed by atoms with van der Waals surface area (Å²) in [7, 11) is 0. The normalized spacial score (nSPS) is 12.1. The molecule has 0 heterocycles. The minimum absolute atomic E-state index is 0.0716. The molecule has 0 unspecified atom stereocenters. The smallest absolute Gasteiger partial charge is 0.306 e. The largest absolute Gasteiger partial charge is 0.462 e. The average Bonchev–Trinajstić information content (AvgIpc) is 3.31. The van der Waals surface area contributed by atoms with E-state index in [-0.39, 0.29) is 31.1 Å². The van der Waals surface area contributed by atoms with Gasteiger partial charge in [-0.25, -0.2) is 0 Å². The molecule has 0 N–H and O–H groups in total. The van der Waals surface area contributed by atoms with Crippen molar-refractivity contribution in [3.8, 4) is 0 Å². The highest BCUT2D eigenvalue weighted by Gasteiger charge is 2.19. The highest BCUT2D eigenvalue weighted by molar-refractivity contribution is 5.71. The van der Waals surface area contributed by atoms with Gasteiger partial charge in [0.1, 0.15) is 13.2 Å². The van der Waals surface area contributed by atoms with Gasteiger partial charge in [0.05, 0.1) is 0 Å². The van der Waals surface area contributed by atoms with Gasteiger partial charge in [-0.1, -0.05) is 257 Å². The first-order valence-corrected chi connectivity index (χ1v) is 29.3. The summed E-state index contributed by atoms with van der Waals surface area (Å²) in [6.07, 6.45) is 64.5. The van der Waals surface area contributed by atoms with E-state index in [1.165, 1.54) is 218 Å². The number of unbranched alkanes of at least 4 members (excludes halogenated alkanes) is 39. The second-order valence-corrected chi connectivity index (χ2v) is 19.9. The summed E-state index contributed by atoms with van der Waals surface area (Å²) < 4.78 is 16.9. The van der Waals surface area contributed by atoms with Gasteiger partial charge in [0.2, 0.25) is 0 Å². The number of esters is 3. The van der Waals surface area contributed by atoms with Crippen LogP contribution in [-0.2, 0) is 28.6 Å². The number of hydrogen-bond donors (Lipinski definition) is 0. The third-order valence-corrected chi connectivity index (χ3v) is 13.2. The Balaban J connectivity index is 4.33. The fraction of sp³-hybridized carbons (Fsp3) is 0.883. The Labute approximate surface area is 411 Å². The first-order valence-electron chi connectivity index (χ1n) is 29.3. The zero-order valence-electron chi connectivity index (χ0n) is 44.5. The molecule has 0 aromatic rings. The Morgan fingerprint density at radius 1 is 0.288 bits per heavy atom. The molecule has 0 aromatic heterocycles. The van der Waals surface area contributed by atoms with Gasteiger partial charge in [-0.3, -0.25) is 14.4 Å². The topological polar surface area (TPSA) is 78.9 Å². The van der Waals surface area contributed by atoms with Crippen LogP contribution < -0.4 is 0 Å². The average molecular weight is 930 g/mol. The Morgan fingerprint density at radius 3 is 0.758 bits per heavy atom. The van der Waals surface area contributed by atoms with E-state index < -0.39 is 6.10 Å². The van der Waals surface area contributed by atoms with Crippen LogP contribution >= 0.6 is 0 Å². The molecule has 0 rings (SSSR count). The molecular weight excluding hydrogens is 817 g/mol. The lowest BCUT2D eigenvalue weighted by molar-refractivity contribution is -0.167. The first-order chi connectivity index (χ1) is 32.5. The Hall–Kier alpha value is -2.11. The molecule has 0 amide bonds. The molecular formula is C60H112O6. The van der Waals surface area contributed by atoms with Gasteiger partial charge < -0.3 is 14.2 Å². The number of carbonyl (C=O) groups is 3. The van der Waals surface area contributed by atoms with Crippen LogP contribution in [0.25, 0.3) is 0 Å². The summed E-state index contributed by atoms with van der Waals surface area (Å²) in [6, 6.07) is 0. The highest BCUT2D eigenvalue weighted by atomic mass is 16.6. The predicted octanol–water partition coefficient (Wildman–Crippen LogP) is 19.5. The molecule has 0 spiro atoms. The van der Waals surface area contributed by atoms with E-state index in [1.807, 2.05) is 0 Å². The molecule has 388 valence electrons. The van der Waals surface area contributed by atoms with Gasteiger partial charge in [-0.2, -0.15) is 0 Å². The second kappa shape index (κ2) is 55.5. The number of hydrogen-bond acceptors (Lipinski definition) is 6. The summed E-state index contributed by atoms with van der Waals surface area (Å²) in [4.78, 5) is 38.1. The van der Waals surface area contributed by atoms with E-state index in [9.17, 15) is 14.4 Å². The molecule has 0 aliphatic rings. The maximum Gasteiger partial charge on any atom is 0.306 e. The molecule has 0 radical (unpaired) electrons. The van der Waals surface area contributed by atoms with Gasteiger partial charge in [-0.15, -0.1) is 0 Å². The quantitative estimate of drug-likeness (QED) is 0.0262. The van der Waals surface area contributed by atoms with Crippen LogP contribution in [0.1, 0.15) is 323 Å². The van der Waals surface area contributed by atoms with Gasteiger partial charge in [-0.05, 0) is 70.6 Å². The highest BCUT2D eigenvalue weighted by Crippen LogP contribution is 2.16. The Morgan fingerprint density at radius 2 is 0.500 bits per heavy atom. The van der Waals surface area contributed by atoms with Gasteiger partial charge in [0.25, 0.3) is 0 Å². The summed E-state index contributed by atoms with van der Waals surface area (Å²) >= 11 is 0.